The first-order chi connectivity index (χ1) is 16.6. The van der Waals surface area contributed by atoms with Crippen molar-refractivity contribution in [2.45, 2.75) is 31.7 Å². The van der Waals surface area contributed by atoms with Gasteiger partial charge in [-0.1, -0.05) is 11.6 Å². The molecule has 168 valence electrons. The van der Waals surface area contributed by atoms with Crippen molar-refractivity contribution < 1.29 is 9.21 Å². The molecule has 5 aromatic rings. The van der Waals surface area contributed by atoms with Crippen molar-refractivity contribution in [2.24, 2.45) is 0 Å². The van der Waals surface area contributed by atoms with Crippen LogP contribution >= 0.6 is 11.6 Å². The first kappa shape index (κ1) is 20.4. The Morgan fingerprint density at radius 2 is 2.15 bits per heavy atom. The van der Waals surface area contributed by atoms with Crippen molar-refractivity contribution in [1.82, 2.24) is 34.3 Å². The molecular formula is C23H17ClN8O2. The van der Waals surface area contributed by atoms with E-state index in [-0.39, 0.29) is 24.7 Å². The molecule has 34 heavy (non-hydrogen) atoms. The molecule has 11 heteroatoms. The van der Waals surface area contributed by atoms with Crippen molar-refractivity contribution in [3.63, 3.8) is 0 Å². The van der Waals surface area contributed by atoms with Gasteiger partial charge in [-0.25, -0.2) is 9.97 Å². The average molecular weight is 473 g/mol. The zero-order valence-electron chi connectivity index (χ0n) is 17.8. The summed E-state index contributed by atoms with van der Waals surface area (Å²) in [7, 11) is 0. The van der Waals surface area contributed by atoms with Gasteiger partial charge in [0.25, 0.3) is 0 Å². The van der Waals surface area contributed by atoms with Crippen LogP contribution < -0.4 is 5.32 Å². The number of hydrogen-bond acceptors (Lipinski definition) is 7. The molecule has 0 radical (unpaired) electrons. The maximum atomic E-state index is 12.5. The maximum Gasteiger partial charge on any atom is 0.309 e. The van der Waals surface area contributed by atoms with E-state index in [4.69, 9.17) is 16.0 Å². The van der Waals surface area contributed by atoms with E-state index in [1.54, 1.807) is 24.7 Å². The summed E-state index contributed by atoms with van der Waals surface area (Å²) < 4.78 is 9.24. The van der Waals surface area contributed by atoms with E-state index in [2.05, 4.69) is 31.6 Å². The molecule has 0 spiro atoms. The summed E-state index contributed by atoms with van der Waals surface area (Å²) in [5.74, 6) is 0.136. The number of carbonyl (C=O) groups is 1. The largest absolute Gasteiger partial charge is 0.416 e. The van der Waals surface area contributed by atoms with E-state index >= 15 is 0 Å². The molecule has 1 aliphatic rings. The molecule has 0 atom stereocenters. The minimum Gasteiger partial charge on any atom is -0.416 e. The Labute approximate surface area is 197 Å². The van der Waals surface area contributed by atoms with Crippen LogP contribution in [0.1, 0.15) is 57.9 Å². The Hall–Kier alpha value is -4.23. The number of pyridine rings is 2. The van der Waals surface area contributed by atoms with Crippen LogP contribution in [0.5, 0.6) is 0 Å². The van der Waals surface area contributed by atoms with Crippen molar-refractivity contribution >= 4 is 28.7 Å². The van der Waals surface area contributed by atoms with Crippen LogP contribution in [0.2, 0.25) is 5.02 Å². The maximum absolute atomic E-state index is 12.5. The standard InChI is InChI=1S/C23H17ClN8O2/c24-16-3-4-31-12-27-18(19(31)6-16)9-26-22(33)23-30-29-20(34-23)7-17-11-32-10-15(13-1-2-13)5-14(8-25)21(32)28-17/h3-6,10-13H,1-2,7,9H2,(H,26,33). The smallest absolute Gasteiger partial charge is 0.309 e. The molecule has 5 heterocycles. The topological polar surface area (TPSA) is 126 Å². The van der Waals surface area contributed by atoms with Gasteiger partial charge in [-0.2, -0.15) is 5.26 Å². The van der Waals surface area contributed by atoms with Gasteiger partial charge in [0, 0.05) is 23.6 Å². The lowest BCUT2D eigenvalue weighted by molar-refractivity contribution is 0.0914. The van der Waals surface area contributed by atoms with Crippen LogP contribution in [-0.2, 0) is 13.0 Å². The number of nitrogens with one attached hydrogen (secondary N) is 1. The number of rotatable bonds is 6. The van der Waals surface area contributed by atoms with Crippen molar-refractivity contribution in [2.75, 3.05) is 0 Å². The molecule has 0 aliphatic heterocycles. The number of carbonyl (C=O) groups excluding carboxylic acids is 1. The first-order valence-electron chi connectivity index (χ1n) is 10.7. The summed E-state index contributed by atoms with van der Waals surface area (Å²) in [6.07, 6.45) is 9.86. The molecular weight excluding hydrogens is 456 g/mol. The zero-order valence-corrected chi connectivity index (χ0v) is 18.5. The summed E-state index contributed by atoms with van der Waals surface area (Å²) in [6.45, 7) is 0.181. The third-order valence-corrected chi connectivity index (χ3v) is 6.02. The van der Waals surface area contributed by atoms with Gasteiger partial charge >= 0.3 is 11.8 Å². The summed E-state index contributed by atoms with van der Waals surface area (Å²) >= 11 is 6.06. The number of fused-ring (bicyclic) bond motifs is 2. The number of amides is 1. The molecule has 1 fully saturated rings. The van der Waals surface area contributed by atoms with Crippen LogP contribution in [0.25, 0.3) is 11.2 Å². The monoisotopic (exact) mass is 472 g/mol. The lowest BCUT2D eigenvalue weighted by atomic mass is 10.1. The zero-order chi connectivity index (χ0) is 23.2. The molecule has 10 nitrogen and oxygen atoms in total. The van der Waals surface area contributed by atoms with E-state index in [9.17, 15) is 10.1 Å². The lowest BCUT2D eigenvalue weighted by Crippen LogP contribution is -2.23. The second-order valence-corrected chi connectivity index (χ2v) is 8.66. The van der Waals surface area contributed by atoms with Gasteiger partial charge in [-0.15, -0.1) is 10.2 Å². The Bertz CT molecular complexity index is 1600. The molecule has 1 N–H and O–H groups in total. The molecule has 1 amide bonds. The fourth-order valence-electron chi connectivity index (χ4n) is 3.94. The highest BCUT2D eigenvalue weighted by Gasteiger charge is 2.25. The molecule has 0 bridgehead atoms. The number of halogens is 1. The average Bonchev–Trinajstić information content (AvgIpc) is 3.25. The van der Waals surface area contributed by atoms with Gasteiger partial charge < -0.3 is 18.5 Å². The normalized spacial score (nSPS) is 13.4. The van der Waals surface area contributed by atoms with Crippen molar-refractivity contribution in [3.8, 4) is 6.07 Å². The summed E-state index contributed by atoms with van der Waals surface area (Å²) in [6, 6.07) is 7.68. The highest BCUT2D eigenvalue weighted by Crippen LogP contribution is 2.40. The molecule has 0 unspecified atom stereocenters. The van der Waals surface area contributed by atoms with Crippen molar-refractivity contribution in [1.29, 1.82) is 5.26 Å². The van der Waals surface area contributed by atoms with Gasteiger partial charge in [0.1, 0.15) is 6.07 Å². The Morgan fingerprint density at radius 3 is 2.97 bits per heavy atom. The summed E-state index contributed by atoms with van der Waals surface area (Å²) in [5.41, 5.74) is 4.41. The van der Waals surface area contributed by atoms with E-state index in [1.807, 2.05) is 27.3 Å². The van der Waals surface area contributed by atoms with Gasteiger partial charge in [-0.05, 0) is 42.5 Å². The molecule has 0 aromatic carbocycles. The SMILES string of the molecule is N#Cc1cc(C2CC2)cn2cc(Cc3nnc(C(=O)NCc4ncn5ccc(Cl)cc45)o3)nc12. The molecule has 0 saturated heterocycles. The van der Waals surface area contributed by atoms with Crippen LogP contribution in [0.15, 0.2) is 47.5 Å². The number of hydrogen-bond donors (Lipinski definition) is 1. The van der Waals surface area contributed by atoms with E-state index < -0.39 is 5.91 Å². The van der Waals surface area contributed by atoms with Crippen LogP contribution in [-0.4, -0.2) is 34.9 Å². The van der Waals surface area contributed by atoms with Crippen molar-refractivity contribution in [3.05, 3.63) is 82.4 Å². The Balaban J connectivity index is 1.16. The predicted molar refractivity (Wildman–Crippen MR) is 120 cm³/mol. The van der Waals surface area contributed by atoms with E-state index in [0.717, 1.165) is 23.9 Å². The number of nitriles is 1. The van der Waals surface area contributed by atoms with Gasteiger partial charge in [-0.3, -0.25) is 4.79 Å². The quantitative estimate of drug-likeness (QED) is 0.401. The second-order valence-electron chi connectivity index (χ2n) is 8.23. The lowest BCUT2D eigenvalue weighted by Gasteiger charge is -2.01. The summed E-state index contributed by atoms with van der Waals surface area (Å²) in [4.78, 5) is 21.4. The van der Waals surface area contributed by atoms with E-state index in [0.29, 0.717) is 33.5 Å². The third-order valence-electron chi connectivity index (χ3n) is 5.78. The molecule has 6 rings (SSSR count). The van der Waals surface area contributed by atoms with Crippen LogP contribution in [0.3, 0.4) is 0 Å². The highest BCUT2D eigenvalue weighted by atomic mass is 35.5. The number of imidazole rings is 2. The van der Waals surface area contributed by atoms with E-state index in [1.165, 1.54) is 0 Å². The minimum atomic E-state index is -0.502. The van der Waals surface area contributed by atoms with Gasteiger partial charge in [0.15, 0.2) is 5.65 Å². The Kier molecular flexibility index (Phi) is 4.78. The number of nitrogens with zero attached hydrogens (tertiary/aromatic N) is 7. The third kappa shape index (κ3) is 3.76. The number of aromatic nitrogens is 6. The van der Waals surface area contributed by atoms with Gasteiger partial charge in [0.05, 0.1) is 41.8 Å². The fourth-order valence-corrected chi connectivity index (χ4v) is 4.10. The predicted octanol–water partition coefficient (Wildman–Crippen LogP) is 3.29. The first-order valence-corrected chi connectivity index (χ1v) is 11.1. The highest BCUT2D eigenvalue weighted by molar-refractivity contribution is 6.30. The van der Waals surface area contributed by atoms with Gasteiger partial charge in [0.2, 0.25) is 5.89 Å². The minimum absolute atomic E-state index is 0.144. The van der Waals surface area contributed by atoms with Crippen LogP contribution in [0, 0.1) is 11.3 Å². The summed E-state index contributed by atoms with van der Waals surface area (Å²) in [5, 5.41) is 20.7. The molecule has 1 aliphatic carbocycles. The molecule has 5 aromatic heterocycles. The van der Waals surface area contributed by atoms with Crippen LogP contribution in [0.4, 0.5) is 0 Å². The fraction of sp³-hybridized carbons (Fsp3) is 0.217. The Morgan fingerprint density at radius 1 is 1.26 bits per heavy atom. The second kappa shape index (κ2) is 7.97. The molecule has 1 saturated carbocycles.